The lowest BCUT2D eigenvalue weighted by Crippen LogP contribution is -2.50. The first-order valence-corrected chi connectivity index (χ1v) is 9.80. The zero-order chi connectivity index (χ0) is 23.6. The Kier molecular flexibility index (Phi) is 6.52. The molecule has 0 aromatic heterocycles. The summed E-state index contributed by atoms with van der Waals surface area (Å²) in [7, 11) is 4.56. The van der Waals surface area contributed by atoms with E-state index in [1.165, 1.54) is 13.2 Å². The van der Waals surface area contributed by atoms with Crippen molar-refractivity contribution in [2.24, 2.45) is 5.92 Å². The Morgan fingerprint density at radius 1 is 0.844 bits per heavy atom. The fourth-order valence-electron chi connectivity index (χ4n) is 4.09. The van der Waals surface area contributed by atoms with Crippen LogP contribution in [0.4, 0.5) is 11.4 Å². The molecule has 2 heterocycles. The van der Waals surface area contributed by atoms with Crippen LogP contribution in [0.2, 0.25) is 0 Å². The highest BCUT2D eigenvalue weighted by atomic mass is 16.5. The molecule has 0 fully saturated rings. The number of carbonyl (C=O) groups excluding carboxylic acids is 4. The van der Waals surface area contributed by atoms with Crippen molar-refractivity contribution in [3.05, 3.63) is 47.3 Å². The summed E-state index contributed by atoms with van der Waals surface area (Å²) in [4.78, 5) is 55.1. The number of ether oxygens (including phenoxy) is 4. The molecule has 0 spiro atoms. The molecule has 0 N–H and O–H groups in total. The minimum atomic E-state index is -1.53. The number of para-hydroxylation sites is 2. The van der Waals surface area contributed by atoms with Gasteiger partial charge in [-0.05, 0) is 25.1 Å². The van der Waals surface area contributed by atoms with E-state index in [-0.39, 0.29) is 11.1 Å². The van der Waals surface area contributed by atoms with Crippen LogP contribution in [0, 0.1) is 5.92 Å². The summed E-state index contributed by atoms with van der Waals surface area (Å²) >= 11 is 0. The number of rotatable bonds is 5. The average Bonchev–Trinajstić information content (AvgIpc) is 3.04. The molecule has 1 aromatic rings. The van der Waals surface area contributed by atoms with Crippen LogP contribution >= 0.6 is 0 Å². The van der Waals surface area contributed by atoms with Gasteiger partial charge < -0.3 is 28.7 Å². The summed E-state index contributed by atoms with van der Waals surface area (Å²) in [6, 6.07) is 5.86. The lowest BCUT2D eigenvalue weighted by atomic mass is 9.87. The van der Waals surface area contributed by atoms with Crippen LogP contribution in [0.15, 0.2) is 47.3 Å². The number of carbonyl (C=O) groups is 4. The molecule has 10 heteroatoms. The molecule has 0 saturated heterocycles. The van der Waals surface area contributed by atoms with Gasteiger partial charge in [-0.25, -0.2) is 14.4 Å². The maximum atomic E-state index is 13.1. The van der Waals surface area contributed by atoms with Crippen molar-refractivity contribution in [2.75, 3.05) is 44.8 Å². The topological polar surface area (TPSA) is 112 Å². The van der Waals surface area contributed by atoms with E-state index in [0.29, 0.717) is 18.1 Å². The number of methoxy groups -OCH3 is 4. The summed E-state index contributed by atoms with van der Waals surface area (Å²) in [5, 5.41) is 0. The Labute approximate surface area is 184 Å². The summed E-state index contributed by atoms with van der Waals surface area (Å²) in [5.74, 6) is -4.69. The van der Waals surface area contributed by atoms with Gasteiger partial charge in [0, 0.05) is 6.54 Å². The molecule has 3 rings (SSSR count). The second-order valence-electron chi connectivity index (χ2n) is 6.88. The van der Waals surface area contributed by atoms with Crippen molar-refractivity contribution in [1.82, 2.24) is 0 Å². The van der Waals surface area contributed by atoms with Crippen LogP contribution in [0.1, 0.15) is 6.92 Å². The molecule has 1 aromatic carbocycles. The number of benzene rings is 1. The van der Waals surface area contributed by atoms with Gasteiger partial charge in [0.25, 0.3) is 0 Å². The van der Waals surface area contributed by atoms with Crippen molar-refractivity contribution in [3.8, 4) is 0 Å². The summed E-state index contributed by atoms with van der Waals surface area (Å²) in [6.07, 6.45) is 1.42. The second kappa shape index (κ2) is 9.13. The monoisotopic (exact) mass is 444 g/mol. The van der Waals surface area contributed by atoms with Crippen molar-refractivity contribution in [1.29, 1.82) is 0 Å². The van der Waals surface area contributed by atoms with Crippen LogP contribution in [0.3, 0.4) is 0 Å². The zero-order valence-corrected chi connectivity index (χ0v) is 18.4. The Bertz CT molecular complexity index is 1030. The number of fused-ring (bicyclic) bond motifs is 3. The van der Waals surface area contributed by atoms with E-state index in [1.807, 2.05) is 24.0 Å². The normalized spacial score (nSPS) is 19.3. The third kappa shape index (κ3) is 3.47. The molecule has 170 valence electrons. The number of esters is 4. The van der Waals surface area contributed by atoms with Crippen molar-refractivity contribution < 1.29 is 38.1 Å². The van der Waals surface area contributed by atoms with Crippen molar-refractivity contribution >= 4 is 35.3 Å². The summed E-state index contributed by atoms with van der Waals surface area (Å²) < 4.78 is 19.7. The molecule has 2 aliphatic rings. The van der Waals surface area contributed by atoms with Gasteiger partial charge in [0.2, 0.25) is 0 Å². The van der Waals surface area contributed by atoms with E-state index >= 15 is 0 Å². The van der Waals surface area contributed by atoms with Gasteiger partial charge in [0.15, 0.2) is 6.04 Å². The van der Waals surface area contributed by atoms with Gasteiger partial charge in [-0.15, -0.1) is 0 Å². The van der Waals surface area contributed by atoms with Gasteiger partial charge in [-0.1, -0.05) is 12.1 Å². The lowest BCUT2D eigenvalue weighted by Gasteiger charge is -2.33. The second-order valence-corrected chi connectivity index (χ2v) is 6.88. The smallest absolute Gasteiger partial charge is 0.338 e. The van der Waals surface area contributed by atoms with Crippen LogP contribution in [0.5, 0.6) is 0 Å². The largest absolute Gasteiger partial charge is 0.468 e. The highest BCUT2D eigenvalue weighted by Gasteiger charge is 2.52. The molecule has 32 heavy (non-hydrogen) atoms. The third-order valence-corrected chi connectivity index (χ3v) is 5.45. The van der Waals surface area contributed by atoms with Gasteiger partial charge >= 0.3 is 23.9 Å². The molecule has 0 saturated carbocycles. The van der Waals surface area contributed by atoms with Gasteiger partial charge in [-0.2, -0.15) is 0 Å². The van der Waals surface area contributed by atoms with E-state index in [9.17, 15) is 19.2 Å². The Morgan fingerprint density at radius 2 is 1.44 bits per heavy atom. The van der Waals surface area contributed by atoms with Gasteiger partial charge in [0.1, 0.15) is 11.7 Å². The molecule has 2 atom stereocenters. The quantitative estimate of drug-likeness (QED) is 0.484. The number of hydrogen-bond donors (Lipinski definition) is 0. The van der Waals surface area contributed by atoms with Crippen LogP contribution in [-0.4, -0.2) is 64.9 Å². The number of hydrogen-bond acceptors (Lipinski definition) is 10. The fraction of sp³-hybridized carbons (Fsp3) is 0.364. The van der Waals surface area contributed by atoms with E-state index in [1.54, 1.807) is 17.0 Å². The molecule has 2 aliphatic heterocycles. The molecule has 0 unspecified atom stereocenters. The van der Waals surface area contributed by atoms with Gasteiger partial charge in [-0.3, -0.25) is 4.79 Å². The summed E-state index contributed by atoms with van der Waals surface area (Å²) in [6.45, 7) is 2.36. The molecule has 0 amide bonds. The Hall–Kier alpha value is -3.82. The van der Waals surface area contributed by atoms with Crippen LogP contribution in [-0.2, 0) is 38.1 Å². The molecular weight excluding hydrogens is 420 g/mol. The number of anilines is 2. The van der Waals surface area contributed by atoms with E-state index in [2.05, 4.69) is 0 Å². The standard InChI is InChI=1S/C22H24N2O8/c1-6-23-13-9-7-8-10-14(13)24-15(23)11-12(19(25)29-2)16(20(26)30-3)17(21(27)31-4)18(24)22(28)32-5/h7-11,17-18H,6H2,1-5H3/t17-,18+/m0/s1. The molecule has 0 radical (unpaired) electrons. The van der Waals surface area contributed by atoms with Crippen LogP contribution in [0.25, 0.3) is 0 Å². The van der Waals surface area contributed by atoms with E-state index < -0.39 is 35.8 Å². The first-order valence-electron chi connectivity index (χ1n) is 9.80. The number of nitrogens with zero attached hydrogens (tertiary/aromatic N) is 2. The van der Waals surface area contributed by atoms with Crippen molar-refractivity contribution in [2.45, 2.75) is 13.0 Å². The maximum Gasteiger partial charge on any atom is 0.338 e. The zero-order valence-electron chi connectivity index (χ0n) is 18.4. The Balaban J connectivity index is 2.45. The first kappa shape index (κ1) is 22.9. The third-order valence-electron chi connectivity index (χ3n) is 5.45. The minimum absolute atomic E-state index is 0.215. The van der Waals surface area contributed by atoms with Gasteiger partial charge in [0.05, 0.1) is 51.0 Å². The SMILES string of the molecule is CCN1C2=CC(C(=O)OC)=C(C(=O)OC)[C@H](C(=O)OC)[C@H](C(=O)OC)N2c2ccccc21. The average molecular weight is 444 g/mol. The van der Waals surface area contributed by atoms with E-state index in [4.69, 9.17) is 18.9 Å². The molecule has 0 bridgehead atoms. The minimum Gasteiger partial charge on any atom is -0.468 e. The maximum absolute atomic E-state index is 13.1. The molecular formula is C22H24N2O8. The first-order chi connectivity index (χ1) is 15.4. The fourth-order valence-corrected chi connectivity index (χ4v) is 4.09. The Morgan fingerprint density at radius 3 is 1.97 bits per heavy atom. The summed E-state index contributed by atoms with van der Waals surface area (Å²) in [5.41, 5.74) is 0.786. The van der Waals surface area contributed by atoms with E-state index in [0.717, 1.165) is 27.0 Å². The highest BCUT2D eigenvalue weighted by molar-refractivity contribution is 6.09. The highest BCUT2D eigenvalue weighted by Crippen LogP contribution is 2.47. The lowest BCUT2D eigenvalue weighted by molar-refractivity contribution is -0.154. The predicted molar refractivity (Wildman–Crippen MR) is 112 cm³/mol. The molecule has 10 nitrogen and oxygen atoms in total. The predicted octanol–water partition coefficient (Wildman–Crippen LogP) is 1.16. The van der Waals surface area contributed by atoms with Crippen molar-refractivity contribution in [3.63, 3.8) is 0 Å². The molecule has 0 aliphatic carbocycles. The van der Waals surface area contributed by atoms with Crippen LogP contribution < -0.4 is 9.80 Å².